The number of nitrogens with two attached hydrogens (primary N) is 1. The molecule has 3 N–H and O–H groups in total. The van der Waals surface area contributed by atoms with Crippen LogP contribution in [0.15, 0.2) is 18.2 Å². The van der Waals surface area contributed by atoms with Crippen molar-refractivity contribution >= 4 is 22.9 Å². The van der Waals surface area contributed by atoms with Crippen molar-refractivity contribution in [2.45, 2.75) is 20.4 Å². The molecular weight excluding hydrogens is 282 g/mol. The molecule has 20 heavy (non-hydrogen) atoms. The Labute approximate surface area is 119 Å². The maximum Gasteiger partial charge on any atom is 0.251 e. The van der Waals surface area contributed by atoms with Gasteiger partial charge in [0, 0.05) is 15.3 Å². The van der Waals surface area contributed by atoms with Gasteiger partial charge < -0.3 is 11.1 Å². The molecule has 0 unspecified atom stereocenters. The lowest BCUT2D eigenvalue weighted by molar-refractivity contribution is 0.0950. The maximum absolute atomic E-state index is 13.3. The number of hydrogen-bond donors (Lipinski definition) is 2. The third kappa shape index (κ3) is 2.96. The summed E-state index contributed by atoms with van der Waals surface area (Å²) in [5.41, 5.74) is 5.65. The Morgan fingerprint density at radius 1 is 1.25 bits per heavy atom. The Morgan fingerprint density at radius 2 is 1.85 bits per heavy atom. The van der Waals surface area contributed by atoms with Crippen molar-refractivity contribution in [2.24, 2.45) is 0 Å². The molecule has 0 saturated carbocycles. The summed E-state index contributed by atoms with van der Waals surface area (Å²) >= 11 is 1.58. The highest BCUT2D eigenvalue weighted by molar-refractivity contribution is 7.12. The minimum absolute atomic E-state index is 0.0841. The number of thiophene rings is 1. The highest BCUT2D eigenvalue weighted by Gasteiger charge is 2.13. The predicted octanol–water partition coefficient (Wildman–Crippen LogP) is 3.16. The molecule has 0 radical (unpaired) electrons. The zero-order valence-corrected chi connectivity index (χ0v) is 11.9. The van der Waals surface area contributed by atoms with Crippen LogP contribution in [0, 0.1) is 25.5 Å². The Bertz CT molecular complexity index is 625. The SMILES string of the molecule is Cc1cc(CNC(=O)c2cc(F)c(N)c(F)c2)sc1C. The van der Waals surface area contributed by atoms with Crippen LogP contribution in [0.1, 0.15) is 25.7 Å². The van der Waals surface area contributed by atoms with E-state index in [1.54, 1.807) is 11.3 Å². The minimum atomic E-state index is -0.932. The van der Waals surface area contributed by atoms with Crippen LogP contribution >= 0.6 is 11.3 Å². The van der Waals surface area contributed by atoms with Crippen LogP contribution in [0.5, 0.6) is 0 Å². The summed E-state index contributed by atoms with van der Waals surface area (Å²) in [6.45, 7) is 4.31. The highest BCUT2D eigenvalue weighted by atomic mass is 32.1. The summed E-state index contributed by atoms with van der Waals surface area (Å²) in [4.78, 5) is 14.0. The van der Waals surface area contributed by atoms with E-state index in [1.807, 2.05) is 19.9 Å². The number of hydrogen-bond acceptors (Lipinski definition) is 3. The molecule has 2 aromatic rings. The number of halogens is 2. The molecule has 1 aromatic heterocycles. The van der Waals surface area contributed by atoms with Crippen LogP contribution in [-0.4, -0.2) is 5.91 Å². The lowest BCUT2D eigenvalue weighted by Crippen LogP contribution is -2.22. The molecule has 0 aliphatic carbocycles. The lowest BCUT2D eigenvalue weighted by atomic mass is 10.1. The van der Waals surface area contributed by atoms with Gasteiger partial charge in [0.15, 0.2) is 0 Å². The molecule has 0 fully saturated rings. The van der Waals surface area contributed by atoms with E-state index in [-0.39, 0.29) is 5.56 Å². The summed E-state index contributed by atoms with van der Waals surface area (Å²) in [6, 6.07) is 3.84. The van der Waals surface area contributed by atoms with Gasteiger partial charge in [-0.15, -0.1) is 11.3 Å². The molecule has 1 amide bonds. The van der Waals surface area contributed by atoms with Crippen LogP contribution in [0.25, 0.3) is 0 Å². The van der Waals surface area contributed by atoms with Crippen LogP contribution in [0.4, 0.5) is 14.5 Å². The Balaban J connectivity index is 2.09. The Hall–Kier alpha value is -1.95. The normalized spacial score (nSPS) is 10.6. The van der Waals surface area contributed by atoms with Crippen molar-refractivity contribution in [3.8, 4) is 0 Å². The number of rotatable bonds is 3. The second-order valence-corrected chi connectivity index (χ2v) is 5.83. The quantitative estimate of drug-likeness (QED) is 0.855. The monoisotopic (exact) mass is 296 g/mol. The molecule has 0 saturated heterocycles. The molecule has 106 valence electrons. The van der Waals surface area contributed by atoms with Gasteiger partial charge in [-0.2, -0.15) is 0 Å². The number of nitrogens with one attached hydrogen (secondary N) is 1. The number of benzene rings is 1. The lowest BCUT2D eigenvalue weighted by Gasteiger charge is -2.06. The molecular formula is C14H14F2N2OS. The van der Waals surface area contributed by atoms with Gasteiger partial charge >= 0.3 is 0 Å². The molecule has 0 spiro atoms. The van der Waals surface area contributed by atoms with E-state index < -0.39 is 23.2 Å². The first kappa shape index (κ1) is 14.5. The molecule has 3 nitrogen and oxygen atoms in total. The second kappa shape index (κ2) is 5.58. The van der Waals surface area contributed by atoms with Gasteiger partial charge in [-0.25, -0.2) is 8.78 Å². The van der Waals surface area contributed by atoms with Crippen LogP contribution in [0.2, 0.25) is 0 Å². The van der Waals surface area contributed by atoms with E-state index >= 15 is 0 Å². The molecule has 2 rings (SSSR count). The van der Waals surface area contributed by atoms with Gasteiger partial charge in [-0.3, -0.25) is 4.79 Å². The number of aryl methyl sites for hydroxylation is 2. The van der Waals surface area contributed by atoms with Crippen molar-refractivity contribution in [1.29, 1.82) is 0 Å². The summed E-state index contributed by atoms with van der Waals surface area (Å²) in [5, 5.41) is 2.63. The standard InChI is InChI=1S/C14H14F2N2OS/c1-7-3-10(20-8(7)2)6-18-14(19)9-4-11(15)13(17)12(16)5-9/h3-5H,6,17H2,1-2H3,(H,18,19). The van der Waals surface area contributed by atoms with Gasteiger partial charge in [0.25, 0.3) is 5.91 Å². The summed E-state index contributed by atoms with van der Waals surface area (Å²) in [6.07, 6.45) is 0. The van der Waals surface area contributed by atoms with Gasteiger partial charge in [0.2, 0.25) is 0 Å². The number of carbonyl (C=O) groups is 1. The molecule has 0 bridgehead atoms. The molecule has 0 aliphatic heterocycles. The molecule has 6 heteroatoms. The first-order chi connectivity index (χ1) is 9.38. The average Bonchev–Trinajstić information content (AvgIpc) is 2.72. The summed E-state index contributed by atoms with van der Waals surface area (Å²) < 4.78 is 26.6. The van der Waals surface area contributed by atoms with E-state index in [2.05, 4.69) is 5.32 Å². The molecule has 0 atom stereocenters. The summed E-state index contributed by atoms with van der Waals surface area (Å²) in [5.74, 6) is -2.40. The fraction of sp³-hybridized carbons (Fsp3) is 0.214. The van der Waals surface area contributed by atoms with Crippen LogP contribution < -0.4 is 11.1 Å². The van der Waals surface area contributed by atoms with Crippen LogP contribution in [0.3, 0.4) is 0 Å². The zero-order valence-electron chi connectivity index (χ0n) is 11.1. The topological polar surface area (TPSA) is 55.1 Å². The minimum Gasteiger partial charge on any atom is -0.394 e. The van der Waals surface area contributed by atoms with Crippen LogP contribution in [-0.2, 0) is 6.54 Å². The van der Waals surface area contributed by atoms with Crippen molar-refractivity contribution in [2.75, 3.05) is 5.73 Å². The van der Waals surface area contributed by atoms with Crippen molar-refractivity contribution < 1.29 is 13.6 Å². The molecule has 1 heterocycles. The van der Waals surface area contributed by atoms with Gasteiger partial charge in [0.1, 0.15) is 17.3 Å². The van der Waals surface area contributed by atoms with E-state index in [4.69, 9.17) is 5.73 Å². The smallest absolute Gasteiger partial charge is 0.251 e. The number of nitrogen functional groups attached to an aromatic ring is 1. The van der Waals surface area contributed by atoms with E-state index in [0.717, 1.165) is 22.6 Å². The summed E-state index contributed by atoms with van der Waals surface area (Å²) in [7, 11) is 0. The third-order valence-corrected chi connectivity index (χ3v) is 4.13. The fourth-order valence-corrected chi connectivity index (χ4v) is 2.71. The van der Waals surface area contributed by atoms with Crippen molar-refractivity contribution in [3.63, 3.8) is 0 Å². The van der Waals surface area contributed by atoms with Gasteiger partial charge in [-0.05, 0) is 37.6 Å². The van der Waals surface area contributed by atoms with E-state index in [1.165, 1.54) is 4.88 Å². The van der Waals surface area contributed by atoms with Crippen molar-refractivity contribution in [3.05, 3.63) is 50.7 Å². The van der Waals surface area contributed by atoms with Gasteiger partial charge in [-0.1, -0.05) is 0 Å². The number of amides is 1. The second-order valence-electron chi connectivity index (χ2n) is 4.49. The predicted molar refractivity (Wildman–Crippen MR) is 75.7 cm³/mol. The molecule has 0 aliphatic rings. The average molecular weight is 296 g/mol. The highest BCUT2D eigenvalue weighted by Crippen LogP contribution is 2.21. The first-order valence-corrected chi connectivity index (χ1v) is 6.78. The third-order valence-electron chi connectivity index (χ3n) is 2.98. The number of anilines is 1. The Kier molecular flexibility index (Phi) is 4.04. The Morgan fingerprint density at radius 3 is 2.35 bits per heavy atom. The van der Waals surface area contributed by atoms with E-state index in [0.29, 0.717) is 6.54 Å². The van der Waals surface area contributed by atoms with Crippen molar-refractivity contribution in [1.82, 2.24) is 5.32 Å². The largest absolute Gasteiger partial charge is 0.394 e. The van der Waals surface area contributed by atoms with E-state index in [9.17, 15) is 13.6 Å². The molecule has 1 aromatic carbocycles. The maximum atomic E-state index is 13.3. The zero-order chi connectivity index (χ0) is 14.9. The first-order valence-electron chi connectivity index (χ1n) is 5.97. The number of carbonyl (C=O) groups excluding carboxylic acids is 1. The fourth-order valence-electron chi connectivity index (χ4n) is 1.72. The van der Waals surface area contributed by atoms with Gasteiger partial charge in [0.05, 0.1) is 6.54 Å².